The summed E-state index contributed by atoms with van der Waals surface area (Å²) in [4.78, 5) is 54.9. The average Bonchev–Trinajstić information content (AvgIpc) is 3.13. The molecule has 3 rings (SSSR count). The molecule has 1 saturated heterocycles. The molecule has 6 atom stereocenters. The summed E-state index contributed by atoms with van der Waals surface area (Å²) in [6.45, 7) is -1.08. The minimum absolute atomic E-state index is 0. The van der Waals surface area contributed by atoms with Gasteiger partial charge in [0.25, 0.3) is 15.6 Å². The van der Waals surface area contributed by atoms with E-state index in [0.717, 1.165) is 12.7 Å². The van der Waals surface area contributed by atoms with Gasteiger partial charge in [-0.25, -0.2) is 19.3 Å². The SMILES string of the molecule is O=P([O-])([O-])OP(=O)([O-])OP(=O)([O-])OCC1OC(n2cnc3c(Cl)ncnc32)C(O)C1O.[Na+].[Na+].[Na+].[Na+]. The van der Waals surface area contributed by atoms with E-state index >= 15 is 0 Å². The van der Waals surface area contributed by atoms with Crippen LogP contribution in [-0.4, -0.2) is 54.7 Å². The Morgan fingerprint density at radius 2 is 1.57 bits per heavy atom. The van der Waals surface area contributed by atoms with Gasteiger partial charge >= 0.3 is 118 Å². The van der Waals surface area contributed by atoms with E-state index in [4.69, 9.17) is 16.3 Å². The molecule has 1 aliphatic rings. The molecule has 0 aromatic carbocycles. The number of phosphoric acid groups is 3. The Balaban J connectivity index is 0. The van der Waals surface area contributed by atoms with Gasteiger partial charge in [-0.3, -0.25) is 18.0 Å². The molecule has 174 valence electrons. The van der Waals surface area contributed by atoms with E-state index in [1.807, 2.05) is 0 Å². The zero-order valence-electron chi connectivity index (χ0n) is 18.6. The summed E-state index contributed by atoms with van der Waals surface area (Å²) in [5.74, 6) is 0. The largest absolute Gasteiger partial charge is 1.00 e. The van der Waals surface area contributed by atoms with Gasteiger partial charge in [0.2, 0.25) is 0 Å². The van der Waals surface area contributed by atoms with Crippen molar-refractivity contribution in [3.63, 3.8) is 0 Å². The average molecular weight is 615 g/mol. The summed E-state index contributed by atoms with van der Waals surface area (Å²) >= 11 is 5.87. The first-order valence-corrected chi connectivity index (χ1v) is 12.5. The molecule has 0 aliphatic carbocycles. The van der Waals surface area contributed by atoms with Crippen molar-refractivity contribution in [3.8, 4) is 0 Å². The minimum Gasteiger partial charge on any atom is -0.790 e. The summed E-state index contributed by atoms with van der Waals surface area (Å²) in [5.41, 5.74) is 0.256. The maximum absolute atomic E-state index is 11.6. The number of fused-ring (bicyclic) bond motifs is 1. The van der Waals surface area contributed by atoms with Gasteiger partial charge in [-0.2, -0.15) is 0 Å². The number of phosphoric ester groups is 1. The number of imidazole rings is 1. The number of hydrogen-bond acceptors (Lipinski definition) is 16. The normalized spacial score (nSPS) is 25.2. The van der Waals surface area contributed by atoms with Crippen molar-refractivity contribution in [1.29, 1.82) is 0 Å². The maximum Gasteiger partial charge on any atom is 1.00 e. The Kier molecular flexibility index (Phi) is 18.3. The van der Waals surface area contributed by atoms with E-state index in [9.17, 15) is 43.5 Å². The number of aliphatic hydroxyl groups excluding tert-OH is 2. The number of halogens is 1. The monoisotopic (exact) mass is 614 g/mol. The van der Waals surface area contributed by atoms with E-state index in [1.165, 1.54) is 4.57 Å². The molecule has 6 unspecified atom stereocenters. The van der Waals surface area contributed by atoms with Crippen molar-refractivity contribution < 1.29 is 180 Å². The van der Waals surface area contributed by atoms with Crippen LogP contribution in [0, 0.1) is 0 Å². The second-order valence-electron chi connectivity index (χ2n) is 5.84. The molecule has 25 heteroatoms. The summed E-state index contributed by atoms with van der Waals surface area (Å²) in [5, 5.41) is 20.3. The van der Waals surface area contributed by atoms with Gasteiger partial charge in [0.1, 0.15) is 30.2 Å². The van der Waals surface area contributed by atoms with Gasteiger partial charge in [0.15, 0.2) is 17.0 Å². The Morgan fingerprint density at radius 3 is 2.14 bits per heavy atom. The summed E-state index contributed by atoms with van der Waals surface area (Å²) in [6.07, 6.45) is -4.01. The quantitative estimate of drug-likeness (QED) is 0.159. The summed E-state index contributed by atoms with van der Waals surface area (Å²) < 4.78 is 50.2. The van der Waals surface area contributed by atoms with E-state index in [1.54, 1.807) is 0 Å². The van der Waals surface area contributed by atoms with Crippen LogP contribution < -0.4 is 138 Å². The predicted octanol–water partition coefficient (Wildman–Crippen LogP) is -15.1. The van der Waals surface area contributed by atoms with Crippen LogP contribution in [0.25, 0.3) is 11.2 Å². The van der Waals surface area contributed by atoms with Crippen LogP contribution in [0.15, 0.2) is 12.7 Å². The van der Waals surface area contributed by atoms with Crippen molar-refractivity contribution in [2.45, 2.75) is 24.5 Å². The van der Waals surface area contributed by atoms with E-state index in [0.29, 0.717) is 0 Å². The number of aromatic nitrogens is 4. The first-order chi connectivity index (χ1) is 14.2. The first kappa shape index (κ1) is 40.3. The third-order valence-corrected chi connectivity index (χ3v) is 7.66. The molecule has 0 amide bonds. The topological polar surface area (TPSA) is 264 Å². The minimum atomic E-state index is -6.14. The zero-order valence-corrected chi connectivity index (χ0v) is 30.0. The smallest absolute Gasteiger partial charge is 0.790 e. The number of hydrogen-bond donors (Lipinski definition) is 2. The third kappa shape index (κ3) is 11.1. The number of rotatable bonds is 8. The molecular weight excluding hydrogens is 604 g/mol. The maximum atomic E-state index is 11.6. The van der Waals surface area contributed by atoms with Crippen molar-refractivity contribution >= 4 is 46.2 Å². The van der Waals surface area contributed by atoms with E-state index < -0.39 is 54.6 Å². The van der Waals surface area contributed by atoms with Crippen molar-refractivity contribution in [1.82, 2.24) is 19.5 Å². The fourth-order valence-electron chi connectivity index (χ4n) is 2.55. The van der Waals surface area contributed by atoms with Crippen LogP contribution in [0.4, 0.5) is 0 Å². The predicted molar refractivity (Wildman–Crippen MR) is 87.2 cm³/mol. The third-order valence-electron chi connectivity index (χ3n) is 3.72. The number of nitrogens with zero attached hydrogens (tertiary/aromatic N) is 4. The Hall–Kier alpha value is 3.13. The molecule has 0 spiro atoms. The Morgan fingerprint density at radius 1 is 0.971 bits per heavy atom. The molecule has 0 saturated carbocycles. The second kappa shape index (κ2) is 15.9. The summed E-state index contributed by atoms with van der Waals surface area (Å²) in [6, 6.07) is 0. The molecular formula is C10H10ClN4Na4O13P3. The fourth-order valence-corrected chi connectivity index (χ4v) is 5.60. The van der Waals surface area contributed by atoms with E-state index in [-0.39, 0.29) is 135 Å². The summed E-state index contributed by atoms with van der Waals surface area (Å²) in [7, 11) is -18.1. The van der Waals surface area contributed by atoms with Crippen LogP contribution >= 0.6 is 35.1 Å². The Labute approximate surface area is 290 Å². The molecule has 17 nitrogen and oxygen atoms in total. The molecule has 0 radical (unpaired) electrons. The molecule has 1 fully saturated rings. The standard InChI is InChI=1S/C10H14ClN4O13P3.4Na/c11-8-5-9(13-2-12-8)15(3-14-5)10-7(17)6(16)4(26-10)1-25-30(21,22)28-31(23,24)27-29(18,19)20;;;;/h2-4,6-7,10,16-17H,1H2,(H,21,22)(H,23,24)(H2,18,19,20);;;;/q;4*+1/p-4. The molecule has 1 aliphatic heterocycles. The second-order valence-corrected chi connectivity index (χ2v) is 10.4. The molecule has 2 N–H and O–H groups in total. The molecule has 35 heavy (non-hydrogen) atoms. The van der Waals surface area contributed by atoms with Crippen LogP contribution in [0.3, 0.4) is 0 Å². The van der Waals surface area contributed by atoms with Gasteiger partial charge in [0, 0.05) is 0 Å². The Bertz CT molecular complexity index is 1130. The molecule has 2 aromatic heterocycles. The van der Waals surface area contributed by atoms with Gasteiger partial charge in [-0.1, -0.05) is 11.6 Å². The molecule has 2 aromatic rings. The van der Waals surface area contributed by atoms with Crippen molar-refractivity contribution in [2.24, 2.45) is 0 Å². The van der Waals surface area contributed by atoms with Crippen molar-refractivity contribution in [2.75, 3.05) is 6.61 Å². The van der Waals surface area contributed by atoms with Gasteiger partial charge < -0.3 is 43.6 Å². The van der Waals surface area contributed by atoms with E-state index in [2.05, 4.69) is 28.1 Å². The van der Waals surface area contributed by atoms with Gasteiger partial charge in [0.05, 0.1) is 20.8 Å². The number of ether oxygens (including phenoxy) is 1. The number of aliphatic hydroxyl groups is 2. The molecule has 3 heterocycles. The van der Waals surface area contributed by atoms with Gasteiger partial charge in [-0.05, 0) is 0 Å². The van der Waals surface area contributed by atoms with Crippen LogP contribution in [0.5, 0.6) is 0 Å². The van der Waals surface area contributed by atoms with Crippen LogP contribution in [0.1, 0.15) is 6.23 Å². The fraction of sp³-hybridized carbons (Fsp3) is 0.500. The molecule has 0 bridgehead atoms. The zero-order chi connectivity index (χ0) is 23.2. The van der Waals surface area contributed by atoms with Crippen molar-refractivity contribution in [3.05, 3.63) is 17.8 Å². The van der Waals surface area contributed by atoms with Crippen LogP contribution in [-0.2, 0) is 31.6 Å². The van der Waals surface area contributed by atoms with Gasteiger partial charge in [-0.15, -0.1) is 0 Å². The first-order valence-electron chi connectivity index (χ1n) is 7.75. The van der Waals surface area contributed by atoms with Crippen LogP contribution in [0.2, 0.25) is 5.15 Å².